The van der Waals surface area contributed by atoms with Crippen LogP contribution in [0.1, 0.15) is 54.6 Å². The lowest BCUT2D eigenvalue weighted by atomic mass is 9.80. The molecule has 2 aromatic rings. The van der Waals surface area contributed by atoms with Crippen molar-refractivity contribution in [3.05, 3.63) is 59.7 Å². The number of likely N-dealkylation sites (tertiary alicyclic amines) is 1. The molecule has 0 aromatic heterocycles. The van der Waals surface area contributed by atoms with Gasteiger partial charge in [0.15, 0.2) is 11.5 Å². The summed E-state index contributed by atoms with van der Waals surface area (Å²) >= 11 is 0. The van der Waals surface area contributed by atoms with E-state index in [9.17, 15) is 4.79 Å². The van der Waals surface area contributed by atoms with Crippen molar-refractivity contribution in [2.45, 2.75) is 50.4 Å². The first kappa shape index (κ1) is 25.5. The molecule has 0 bridgehead atoms. The quantitative estimate of drug-likeness (QED) is 0.484. The van der Waals surface area contributed by atoms with Crippen LogP contribution in [0.4, 0.5) is 0 Å². The highest BCUT2D eigenvalue weighted by atomic mass is 16.5. The van der Waals surface area contributed by atoms with Crippen molar-refractivity contribution in [2.75, 3.05) is 47.1 Å². The van der Waals surface area contributed by atoms with Crippen molar-refractivity contribution in [2.24, 2.45) is 0 Å². The second kappa shape index (κ2) is 11.9. The predicted molar refractivity (Wildman–Crippen MR) is 133 cm³/mol. The van der Waals surface area contributed by atoms with Gasteiger partial charge in [0.1, 0.15) is 6.61 Å². The summed E-state index contributed by atoms with van der Waals surface area (Å²) in [6, 6.07) is 15.7. The first-order valence-corrected chi connectivity index (χ1v) is 12.5. The number of hydrogen-bond acceptors (Lipinski definition) is 6. The lowest BCUT2D eigenvalue weighted by molar-refractivity contribution is -0.190. The normalized spacial score (nSPS) is 21.6. The van der Waals surface area contributed by atoms with Gasteiger partial charge in [-0.1, -0.05) is 30.3 Å². The molecule has 2 aliphatic rings. The number of rotatable bonds is 9. The Bertz CT molecular complexity index is 957. The SMILES string of the molecule is CCOC1CC(c2ccccc2)OC2(CCN(C(=O)c3ccc(OCCOC)c(OC)c3)CC2)C1. The summed E-state index contributed by atoms with van der Waals surface area (Å²) < 4.78 is 29.0. The molecular weight excluding hydrogens is 446 g/mol. The molecule has 2 unspecified atom stereocenters. The summed E-state index contributed by atoms with van der Waals surface area (Å²) in [4.78, 5) is 15.2. The van der Waals surface area contributed by atoms with Gasteiger partial charge in [0, 0.05) is 45.2 Å². The number of amides is 1. The van der Waals surface area contributed by atoms with Crippen LogP contribution in [0, 0.1) is 0 Å². The van der Waals surface area contributed by atoms with Crippen LogP contribution < -0.4 is 9.47 Å². The minimum absolute atomic E-state index is 0.00151. The zero-order valence-electron chi connectivity index (χ0n) is 21.0. The summed E-state index contributed by atoms with van der Waals surface area (Å²) in [5.41, 5.74) is 1.51. The fourth-order valence-corrected chi connectivity index (χ4v) is 5.15. The Kier molecular flexibility index (Phi) is 8.65. The molecule has 2 heterocycles. The maximum Gasteiger partial charge on any atom is 0.253 e. The van der Waals surface area contributed by atoms with Crippen LogP contribution in [0.2, 0.25) is 0 Å². The van der Waals surface area contributed by atoms with Crippen LogP contribution >= 0.6 is 0 Å². The molecule has 1 amide bonds. The number of carbonyl (C=O) groups excluding carboxylic acids is 1. The van der Waals surface area contributed by atoms with E-state index in [4.69, 9.17) is 23.7 Å². The monoisotopic (exact) mass is 483 g/mol. The molecule has 2 aromatic carbocycles. The van der Waals surface area contributed by atoms with Gasteiger partial charge in [-0.15, -0.1) is 0 Å². The molecule has 7 nitrogen and oxygen atoms in total. The highest BCUT2D eigenvalue weighted by Crippen LogP contribution is 2.44. The van der Waals surface area contributed by atoms with E-state index in [-0.39, 0.29) is 23.7 Å². The molecule has 35 heavy (non-hydrogen) atoms. The van der Waals surface area contributed by atoms with Gasteiger partial charge in [-0.25, -0.2) is 0 Å². The lowest BCUT2D eigenvalue weighted by Gasteiger charge is -2.48. The molecule has 190 valence electrons. The van der Waals surface area contributed by atoms with Crippen molar-refractivity contribution in [1.82, 2.24) is 4.90 Å². The van der Waals surface area contributed by atoms with E-state index in [0.29, 0.717) is 50.0 Å². The van der Waals surface area contributed by atoms with Crippen LogP contribution in [0.15, 0.2) is 48.5 Å². The van der Waals surface area contributed by atoms with Gasteiger partial charge in [-0.2, -0.15) is 0 Å². The van der Waals surface area contributed by atoms with Crippen molar-refractivity contribution in [1.29, 1.82) is 0 Å². The van der Waals surface area contributed by atoms with Crippen LogP contribution in [-0.2, 0) is 14.2 Å². The van der Waals surface area contributed by atoms with Crippen LogP contribution in [-0.4, -0.2) is 69.6 Å². The standard InChI is InChI=1S/C28H37NO6/c1-4-33-23-19-25(21-8-6-5-7-9-21)35-28(20-23)12-14-29(15-13-28)27(30)22-10-11-24(26(18-22)32-3)34-17-16-31-2/h5-11,18,23,25H,4,12-17,19-20H2,1-3H3. The van der Waals surface area contributed by atoms with E-state index in [2.05, 4.69) is 24.3 Å². The van der Waals surface area contributed by atoms with Gasteiger partial charge >= 0.3 is 0 Å². The zero-order chi connectivity index (χ0) is 24.7. The smallest absolute Gasteiger partial charge is 0.253 e. The summed E-state index contributed by atoms with van der Waals surface area (Å²) in [7, 11) is 3.21. The summed E-state index contributed by atoms with van der Waals surface area (Å²) in [6.45, 7) is 4.93. The largest absolute Gasteiger partial charge is 0.493 e. The van der Waals surface area contributed by atoms with Gasteiger partial charge in [0.2, 0.25) is 0 Å². The predicted octanol–water partition coefficient (Wildman–Crippen LogP) is 4.65. The van der Waals surface area contributed by atoms with Gasteiger partial charge in [-0.05, 0) is 43.5 Å². The summed E-state index contributed by atoms with van der Waals surface area (Å²) in [6.07, 6.45) is 3.49. The molecular formula is C28H37NO6. The zero-order valence-corrected chi connectivity index (χ0v) is 21.0. The van der Waals surface area contributed by atoms with E-state index < -0.39 is 0 Å². The first-order valence-electron chi connectivity index (χ1n) is 12.5. The number of methoxy groups -OCH3 is 2. The Balaban J connectivity index is 1.42. The Labute approximate surface area is 208 Å². The van der Waals surface area contributed by atoms with Crippen molar-refractivity contribution < 1.29 is 28.5 Å². The molecule has 0 N–H and O–H groups in total. The molecule has 1 spiro atoms. The first-order chi connectivity index (χ1) is 17.1. The van der Waals surface area contributed by atoms with Crippen LogP contribution in [0.5, 0.6) is 11.5 Å². The molecule has 2 fully saturated rings. The minimum Gasteiger partial charge on any atom is -0.493 e. The fraction of sp³-hybridized carbons (Fsp3) is 0.536. The van der Waals surface area contributed by atoms with Crippen molar-refractivity contribution >= 4 is 5.91 Å². The van der Waals surface area contributed by atoms with E-state index in [1.807, 2.05) is 17.9 Å². The van der Waals surface area contributed by atoms with Gasteiger partial charge in [0.05, 0.1) is 31.5 Å². The minimum atomic E-state index is -0.272. The second-order valence-electron chi connectivity index (χ2n) is 9.22. The molecule has 2 aliphatic heterocycles. The number of hydrogen-bond donors (Lipinski definition) is 0. The molecule has 0 aliphatic carbocycles. The third-order valence-corrected chi connectivity index (χ3v) is 6.96. The number of nitrogens with zero attached hydrogens (tertiary/aromatic N) is 1. The second-order valence-corrected chi connectivity index (χ2v) is 9.22. The van der Waals surface area contributed by atoms with Gasteiger partial charge in [-0.3, -0.25) is 4.79 Å². The highest BCUT2D eigenvalue weighted by Gasteiger charge is 2.45. The molecule has 0 radical (unpaired) electrons. The van der Waals surface area contributed by atoms with E-state index >= 15 is 0 Å². The fourth-order valence-electron chi connectivity index (χ4n) is 5.15. The van der Waals surface area contributed by atoms with E-state index in [1.54, 1.807) is 32.4 Å². The van der Waals surface area contributed by atoms with Crippen LogP contribution in [0.3, 0.4) is 0 Å². The Hall–Kier alpha value is -2.61. The lowest BCUT2D eigenvalue weighted by Crippen LogP contribution is -2.52. The van der Waals surface area contributed by atoms with Gasteiger partial charge in [0.25, 0.3) is 5.91 Å². The topological polar surface area (TPSA) is 66.5 Å². The molecule has 2 atom stereocenters. The molecule has 2 saturated heterocycles. The van der Waals surface area contributed by atoms with Crippen molar-refractivity contribution in [3.63, 3.8) is 0 Å². The molecule has 0 saturated carbocycles. The molecule has 7 heteroatoms. The summed E-state index contributed by atoms with van der Waals surface area (Å²) in [5.74, 6) is 1.14. The Morgan fingerprint density at radius 2 is 1.83 bits per heavy atom. The average Bonchev–Trinajstić information content (AvgIpc) is 2.89. The van der Waals surface area contributed by atoms with E-state index in [0.717, 1.165) is 25.7 Å². The highest BCUT2D eigenvalue weighted by molar-refractivity contribution is 5.95. The third-order valence-electron chi connectivity index (χ3n) is 6.96. The summed E-state index contributed by atoms with van der Waals surface area (Å²) in [5, 5.41) is 0. The average molecular weight is 484 g/mol. The van der Waals surface area contributed by atoms with Crippen molar-refractivity contribution in [3.8, 4) is 11.5 Å². The van der Waals surface area contributed by atoms with Gasteiger partial charge < -0.3 is 28.6 Å². The Morgan fingerprint density at radius 3 is 2.51 bits per heavy atom. The number of carbonyl (C=O) groups is 1. The van der Waals surface area contributed by atoms with E-state index in [1.165, 1.54) is 5.56 Å². The number of ether oxygens (including phenoxy) is 5. The number of piperidine rings is 1. The maximum absolute atomic E-state index is 13.3. The maximum atomic E-state index is 13.3. The number of benzene rings is 2. The third kappa shape index (κ3) is 6.15. The Morgan fingerprint density at radius 1 is 1.06 bits per heavy atom. The molecule has 4 rings (SSSR count). The van der Waals surface area contributed by atoms with Crippen LogP contribution in [0.25, 0.3) is 0 Å².